The van der Waals surface area contributed by atoms with E-state index in [2.05, 4.69) is 11.7 Å². The van der Waals surface area contributed by atoms with Gasteiger partial charge in [0.05, 0.1) is 23.9 Å². The fourth-order valence-electron chi connectivity index (χ4n) is 3.03. The van der Waals surface area contributed by atoms with Crippen LogP contribution in [0.4, 0.5) is 4.39 Å². The number of aromatic nitrogens is 3. The van der Waals surface area contributed by atoms with Crippen molar-refractivity contribution in [1.29, 1.82) is 0 Å². The third-order valence-electron chi connectivity index (χ3n) is 4.36. The molecular formula is C21H16FN3O2. The lowest BCUT2D eigenvalue weighted by Gasteiger charge is -2.09. The van der Waals surface area contributed by atoms with Crippen LogP contribution in [0.3, 0.4) is 0 Å². The zero-order valence-electron chi connectivity index (χ0n) is 14.6. The smallest absolute Gasteiger partial charge is 0.254 e. The zero-order valence-corrected chi connectivity index (χ0v) is 14.6. The van der Waals surface area contributed by atoms with Crippen LogP contribution in [0.2, 0.25) is 0 Å². The van der Waals surface area contributed by atoms with E-state index in [4.69, 9.17) is 4.74 Å². The van der Waals surface area contributed by atoms with Gasteiger partial charge in [0.25, 0.3) is 5.91 Å². The van der Waals surface area contributed by atoms with Gasteiger partial charge in [0.15, 0.2) is 0 Å². The van der Waals surface area contributed by atoms with E-state index in [1.54, 1.807) is 35.3 Å². The van der Waals surface area contributed by atoms with Crippen molar-refractivity contribution < 1.29 is 13.9 Å². The quantitative estimate of drug-likeness (QED) is 0.504. The van der Waals surface area contributed by atoms with Crippen LogP contribution in [0.15, 0.2) is 73.7 Å². The van der Waals surface area contributed by atoms with Gasteiger partial charge in [-0.1, -0.05) is 18.7 Å². The highest BCUT2D eigenvalue weighted by Crippen LogP contribution is 2.34. The lowest BCUT2D eigenvalue weighted by atomic mass is 10.0. The molecule has 5 nitrogen and oxygen atoms in total. The van der Waals surface area contributed by atoms with Gasteiger partial charge in [-0.05, 0) is 42.0 Å². The molecular weight excluding hydrogens is 345 g/mol. The first kappa shape index (κ1) is 16.8. The van der Waals surface area contributed by atoms with Crippen molar-refractivity contribution in [2.45, 2.75) is 0 Å². The van der Waals surface area contributed by atoms with E-state index in [0.717, 1.165) is 16.6 Å². The third-order valence-corrected chi connectivity index (χ3v) is 4.36. The Labute approximate surface area is 154 Å². The number of rotatable bonds is 4. The van der Waals surface area contributed by atoms with Gasteiger partial charge in [0.2, 0.25) is 0 Å². The topological polar surface area (TPSA) is 49.0 Å². The van der Waals surface area contributed by atoms with E-state index in [1.165, 1.54) is 23.8 Å². The molecule has 0 aliphatic heterocycles. The minimum atomic E-state index is -0.346. The molecule has 2 aromatic carbocycles. The van der Waals surface area contributed by atoms with E-state index in [1.807, 2.05) is 24.4 Å². The second-order valence-electron chi connectivity index (χ2n) is 5.98. The van der Waals surface area contributed by atoms with Gasteiger partial charge in [-0.2, -0.15) is 5.10 Å². The van der Waals surface area contributed by atoms with Crippen LogP contribution in [0.1, 0.15) is 4.79 Å². The summed E-state index contributed by atoms with van der Waals surface area (Å²) >= 11 is 0. The summed E-state index contributed by atoms with van der Waals surface area (Å²) in [7, 11) is 1.52. The Bertz CT molecular complexity index is 1170. The Morgan fingerprint density at radius 1 is 1.22 bits per heavy atom. The molecule has 4 aromatic rings. The number of hydrogen-bond donors (Lipinski definition) is 0. The summed E-state index contributed by atoms with van der Waals surface area (Å²) in [5.74, 6) is -0.0882. The van der Waals surface area contributed by atoms with E-state index in [-0.39, 0.29) is 11.7 Å². The Morgan fingerprint density at radius 2 is 2.07 bits per heavy atom. The van der Waals surface area contributed by atoms with Crippen LogP contribution < -0.4 is 4.74 Å². The molecule has 6 heteroatoms. The summed E-state index contributed by atoms with van der Waals surface area (Å²) in [4.78, 5) is 11.7. The zero-order chi connectivity index (χ0) is 19.0. The van der Waals surface area contributed by atoms with Crippen LogP contribution in [0, 0.1) is 5.82 Å². The molecule has 2 heterocycles. The van der Waals surface area contributed by atoms with E-state index < -0.39 is 0 Å². The molecule has 0 saturated heterocycles. The second-order valence-corrected chi connectivity index (χ2v) is 5.98. The summed E-state index contributed by atoms with van der Waals surface area (Å²) in [6, 6.07) is 12.0. The molecule has 0 amide bonds. The highest BCUT2D eigenvalue weighted by Gasteiger charge is 2.13. The predicted molar refractivity (Wildman–Crippen MR) is 102 cm³/mol. The first-order valence-electron chi connectivity index (χ1n) is 8.28. The molecule has 27 heavy (non-hydrogen) atoms. The molecule has 2 aromatic heterocycles. The minimum absolute atomic E-state index is 0.216. The Hall–Kier alpha value is -3.67. The highest BCUT2D eigenvalue weighted by atomic mass is 19.1. The van der Waals surface area contributed by atoms with Crippen molar-refractivity contribution in [3.05, 3.63) is 79.5 Å². The molecule has 0 fully saturated rings. The molecule has 0 aliphatic rings. The number of halogens is 1. The van der Waals surface area contributed by atoms with Crippen LogP contribution in [0.5, 0.6) is 5.75 Å². The largest absolute Gasteiger partial charge is 0.496 e. The third kappa shape index (κ3) is 2.91. The molecule has 4 rings (SSSR count). The molecule has 0 atom stereocenters. The maximum atomic E-state index is 14.4. The molecule has 0 aliphatic carbocycles. The van der Waals surface area contributed by atoms with Crippen molar-refractivity contribution >= 4 is 16.8 Å². The number of allylic oxidation sites excluding steroid dienone is 1. The number of carbonyl (C=O) groups is 1. The van der Waals surface area contributed by atoms with Gasteiger partial charge in [-0.3, -0.25) is 9.36 Å². The maximum Gasteiger partial charge on any atom is 0.254 e. The lowest BCUT2D eigenvalue weighted by molar-refractivity contribution is 0.0969. The number of fused-ring (bicyclic) bond motifs is 1. The lowest BCUT2D eigenvalue weighted by Crippen LogP contribution is -2.03. The van der Waals surface area contributed by atoms with Crippen LogP contribution in [-0.4, -0.2) is 27.4 Å². The second kappa shape index (κ2) is 6.57. The monoisotopic (exact) mass is 361 g/mol. The molecule has 0 spiro atoms. The Balaban J connectivity index is 1.78. The van der Waals surface area contributed by atoms with Crippen LogP contribution in [-0.2, 0) is 0 Å². The number of benzene rings is 2. The van der Waals surface area contributed by atoms with Gasteiger partial charge in [0.1, 0.15) is 11.6 Å². The molecule has 0 bridgehead atoms. The van der Waals surface area contributed by atoms with E-state index >= 15 is 0 Å². The van der Waals surface area contributed by atoms with E-state index in [0.29, 0.717) is 16.9 Å². The van der Waals surface area contributed by atoms with Gasteiger partial charge in [-0.25, -0.2) is 9.07 Å². The van der Waals surface area contributed by atoms with Crippen molar-refractivity contribution in [2.24, 2.45) is 0 Å². The Kier molecular flexibility index (Phi) is 4.08. The van der Waals surface area contributed by atoms with Crippen LogP contribution in [0.25, 0.3) is 27.7 Å². The summed E-state index contributed by atoms with van der Waals surface area (Å²) in [5.41, 5.74) is 2.62. The van der Waals surface area contributed by atoms with Crippen molar-refractivity contribution in [2.75, 3.05) is 7.11 Å². The van der Waals surface area contributed by atoms with Gasteiger partial charge in [-0.15, -0.1) is 0 Å². The Morgan fingerprint density at radius 3 is 2.85 bits per heavy atom. The first-order valence-corrected chi connectivity index (χ1v) is 8.28. The summed E-state index contributed by atoms with van der Waals surface area (Å²) in [6.07, 6.45) is 6.42. The highest BCUT2D eigenvalue weighted by molar-refractivity contribution is 5.90. The SMILES string of the molecule is C=CC(=O)n1ccc(-n2cc3cc(-c4c(F)cccc4OC)ccc3n2)c1. The average molecular weight is 361 g/mol. The number of methoxy groups -OCH3 is 1. The molecule has 0 saturated carbocycles. The number of hydrogen-bond acceptors (Lipinski definition) is 3. The fraction of sp³-hybridized carbons (Fsp3) is 0.0476. The van der Waals surface area contributed by atoms with Crippen molar-refractivity contribution in [3.63, 3.8) is 0 Å². The summed E-state index contributed by atoms with van der Waals surface area (Å²) in [5, 5.41) is 5.37. The van der Waals surface area contributed by atoms with Gasteiger partial charge >= 0.3 is 0 Å². The van der Waals surface area contributed by atoms with Gasteiger partial charge < -0.3 is 4.74 Å². The molecule has 134 valence electrons. The normalized spacial score (nSPS) is 10.9. The number of ether oxygens (including phenoxy) is 1. The van der Waals surface area contributed by atoms with Crippen LogP contribution >= 0.6 is 0 Å². The van der Waals surface area contributed by atoms with E-state index in [9.17, 15) is 9.18 Å². The molecule has 0 unspecified atom stereocenters. The minimum Gasteiger partial charge on any atom is -0.496 e. The number of nitrogens with zero attached hydrogens (tertiary/aromatic N) is 3. The average Bonchev–Trinajstić information content (AvgIpc) is 3.33. The predicted octanol–water partition coefficient (Wildman–Crippen LogP) is 4.47. The fourth-order valence-corrected chi connectivity index (χ4v) is 3.03. The molecule has 0 radical (unpaired) electrons. The maximum absolute atomic E-state index is 14.4. The summed E-state index contributed by atoms with van der Waals surface area (Å²) < 4.78 is 22.8. The summed E-state index contributed by atoms with van der Waals surface area (Å²) in [6.45, 7) is 3.48. The number of carbonyl (C=O) groups excluding carboxylic acids is 1. The molecule has 0 N–H and O–H groups in total. The van der Waals surface area contributed by atoms with Gasteiger partial charge in [0, 0.05) is 24.0 Å². The van der Waals surface area contributed by atoms with Crippen molar-refractivity contribution in [1.82, 2.24) is 14.3 Å². The standard InChI is InChI=1S/C21H16FN3O2/c1-3-20(26)24-10-9-16(13-24)25-12-15-11-14(7-8-18(15)23-25)21-17(22)5-4-6-19(21)27-2/h3-13H,1H2,2H3. The first-order chi connectivity index (χ1) is 13.1. The van der Waals surface area contributed by atoms with Crippen molar-refractivity contribution in [3.8, 4) is 22.6 Å².